The third-order valence-corrected chi connectivity index (χ3v) is 4.51. The van der Waals surface area contributed by atoms with E-state index in [1.165, 1.54) is 0 Å². The number of hydrogen-bond acceptors (Lipinski definition) is 4. The summed E-state index contributed by atoms with van der Waals surface area (Å²) in [6, 6.07) is 0. The Morgan fingerprint density at radius 3 is 2.14 bits per heavy atom. The first-order valence-electron chi connectivity index (χ1n) is 5.17. The number of hydrogen-bond donors (Lipinski definition) is 2. The van der Waals surface area contributed by atoms with Gasteiger partial charge in [0, 0.05) is 12.3 Å². The van der Waals surface area contributed by atoms with Crippen molar-refractivity contribution in [3.05, 3.63) is 0 Å². The molecule has 4 nitrogen and oxygen atoms in total. The van der Waals surface area contributed by atoms with Crippen molar-refractivity contribution in [3.8, 4) is 0 Å². The molecule has 0 spiro atoms. The van der Waals surface area contributed by atoms with Crippen LogP contribution in [0.15, 0.2) is 0 Å². The van der Waals surface area contributed by atoms with Gasteiger partial charge in [-0.15, -0.1) is 0 Å². The van der Waals surface area contributed by atoms with Crippen molar-refractivity contribution in [2.75, 3.05) is 0 Å². The summed E-state index contributed by atoms with van der Waals surface area (Å²) in [5.41, 5.74) is 0.199. The van der Waals surface area contributed by atoms with Gasteiger partial charge in [-0.2, -0.15) is 0 Å². The van der Waals surface area contributed by atoms with Crippen LogP contribution in [0.1, 0.15) is 33.6 Å². The molecule has 0 aromatic heterocycles. The molecule has 2 fully saturated rings. The topological polar surface area (TPSA) is 58.9 Å². The minimum atomic E-state index is -1.19. The highest BCUT2D eigenvalue weighted by Gasteiger charge is 2.72. The normalized spacial score (nSPS) is 44.1. The molecule has 82 valence electrons. The summed E-state index contributed by atoms with van der Waals surface area (Å²) in [7, 11) is 0. The van der Waals surface area contributed by atoms with Gasteiger partial charge in [-0.05, 0) is 23.7 Å². The summed E-state index contributed by atoms with van der Waals surface area (Å²) in [5, 5.41) is 17.7. The second-order valence-electron chi connectivity index (χ2n) is 5.16. The molecule has 3 atom stereocenters. The molecule has 14 heavy (non-hydrogen) atoms. The third kappa shape index (κ3) is 1.03. The standard InChI is InChI=1S/C10H18O4/c1-6(2)9-4-8(9)7(3)10(5-9,13-11)14-12/h6-8,11-12H,4-5H2,1-3H3/t7-,8-,9+/m1/s1. The van der Waals surface area contributed by atoms with E-state index in [1.54, 1.807) is 0 Å². The zero-order valence-corrected chi connectivity index (χ0v) is 8.86. The third-order valence-electron chi connectivity index (χ3n) is 4.51. The number of fused-ring (bicyclic) bond motifs is 1. The lowest BCUT2D eigenvalue weighted by molar-refractivity contribution is -0.498. The smallest absolute Gasteiger partial charge is 0.236 e. The van der Waals surface area contributed by atoms with Crippen LogP contribution in [0.2, 0.25) is 0 Å². The van der Waals surface area contributed by atoms with Gasteiger partial charge in [-0.1, -0.05) is 20.8 Å². The zero-order valence-electron chi connectivity index (χ0n) is 8.86. The van der Waals surface area contributed by atoms with Crippen LogP contribution in [-0.4, -0.2) is 16.3 Å². The van der Waals surface area contributed by atoms with Gasteiger partial charge in [0.25, 0.3) is 0 Å². The molecule has 2 saturated carbocycles. The first kappa shape index (κ1) is 10.4. The van der Waals surface area contributed by atoms with Gasteiger partial charge >= 0.3 is 0 Å². The molecular weight excluding hydrogens is 184 g/mol. The molecule has 2 aliphatic rings. The zero-order chi connectivity index (χ0) is 10.6. The maximum absolute atomic E-state index is 8.84. The van der Waals surface area contributed by atoms with E-state index in [4.69, 9.17) is 10.5 Å². The van der Waals surface area contributed by atoms with E-state index in [9.17, 15) is 0 Å². The Hall–Kier alpha value is -0.160. The van der Waals surface area contributed by atoms with Gasteiger partial charge in [-0.3, -0.25) is 0 Å². The average molecular weight is 202 g/mol. The van der Waals surface area contributed by atoms with Gasteiger partial charge in [-0.25, -0.2) is 20.3 Å². The van der Waals surface area contributed by atoms with Crippen LogP contribution in [-0.2, 0) is 9.78 Å². The summed E-state index contributed by atoms with van der Waals surface area (Å²) in [6.07, 6.45) is 1.73. The number of rotatable bonds is 3. The van der Waals surface area contributed by atoms with Gasteiger partial charge in [0.05, 0.1) is 0 Å². The van der Waals surface area contributed by atoms with Gasteiger partial charge in [0.15, 0.2) is 0 Å². The Kier molecular flexibility index (Phi) is 2.16. The van der Waals surface area contributed by atoms with Crippen molar-refractivity contribution >= 4 is 0 Å². The molecule has 0 saturated heterocycles. The van der Waals surface area contributed by atoms with E-state index < -0.39 is 5.79 Å². The first-order valence-corrected chi connectivity index (χ1v) is 5.17. The van der Waals surface area contributed by atoms with Crippen molar-refractivity contribution < 1.29 is 20.3 Å². The maximum Gasteiger partial charge on any atom is 0.236 e. The van der Waals surface area contributed by atoms with E-state index in [2.05, 4.69) is 23.6 Å². The molecule has 0 aliphatic heterocycles. The van der Waals surface area contributed by atoms with Crippen LogP contribution in [0.3, 0.4) is 0 Å². The van der Waals surface area contributed by atoms with Crippen molar-refractivity contribution in [1.29, 1.82) is 0 Å². The lowest BCUT2D eigenvalue weighted by Gasteiger charge is -2.29. The highest BCUT2D eigenvalue weighted by atomic mass is 17.2. The quantitative estimate of drug-likeness (QED) is 0.419. The second-order valence-corrected chi connectivity index (χ2v) is 5.16. The van der Waals surface area contributed by atoms with E-state index >= 15 is 0 Å². The minimum absolute atomic E-state index is 0.0416. The molecule has 2 aliphatic carbocycles. The Labute approximate surface area is 83.7 Å². The maximum atomic E-state index is 8.84. The molecular formula is C10H18O4. The predicted octanol–water partition coefficient (Wildman–Crippen LogP) is 2.36. The highest BCUT2D eigenvalue weighted by molar-refractivity contribution is 5.16. The van der Waals surface area contributed by atoms with Crippen molar-refractivity contribution in [3.63, 3.8) is 0 Å². The Morgan fingerprint density at radius 2 is 1.86 bits per heavy atom. The van der Waals surface area contributed by atoms with Crippen LogP contribution in [0, 0.1) is 23.2 Å². The molecule has 0 aromatic rings. The lowest BCUT2D eigenvalue weighted by Crippen LogP contribution is -2.39. The Bertz CT molecular complexity index is 236. The predicted molar refractivity (Wildman–Crippen MR) is 49.3 cm³/mol. The van der Waals surface area contributed by atoms with E-state index in [0.717, 1.165) is 6.42 Å². The van der Waals surface area contributed by atoms with Crippen LogP contribution in [0.4, 0.5) is 0 Å². The summed E-state index contributed by atoms with van der Waals surface area (Å²) in [5.74, 6) is -0.114. The summed E-state index contributed by atoms with van der Waals surface area (Å²) >= 11 is 0. The fourth-order valence-corrected chi connectivity index (χ4v) is 3.27. The van der Waals surface area contributed by atoms with Gasteiger partial charge in [0.1, 0.15) is 0 Å². The van der Waals surface area contributed by atoms with Crippen LogP contribution >= 0.6 is 0 Å². The molecule has 0 amide bonds. The SMILES string of the molecule is CC(C)[C@@]12C[C@@H]1[C@@H](C)C(OO)(OO)C2. The van der Waals surface area contributed by atoms with Crippen molar-refractivity contribution in [2.24, 2.45) is 23.2 Å². The second kappa shape index (κ2) is 2.92. The molecule has 0 unspecified atom stereocenters. The highest BCUT2D eigenvalue weighted by Crippen LogP contribution is 2.72. The van der Waals surface area contributed by atoms with Gasteiger partial charge in [0.2, 0.25) is 5.79 Å². The molecule has 0 heterocycles. The average Bonchev–Trinajstić information content (AvgIpc) is 2.84. The molecule has 2 rings (SSSR count). The monoisotopic (exact) mass is 202 g/mol. The first-order chi connectivity index (χ1) is 6.52. The van der Waals surface area contributed by atoms with Crippen molar-refractivity contribution in [2.45, 2.75) is 39.4 Å². The lowest BCUT2D eigenvalue weighted by atomic mass is 9.89. The summed E-state index contributed by atoms with van der Waals surface area (Å²) < 4.78 is 0. The van der Waals surface area contributed by atoms with Gasteiger partial charge < -0.3 is 0 Å². The fourth-order valence-electron chi connectivity index (χ4n) is 3.27. The Balaban J connectivity index is 2.21. The molecule has 2 N–H and O–H groups in total. The summed E-state index contributed by atoms with van der Waals surface area (Å²) in [4.78, 5) is 8.73. The Morgan fingerprint density at radius 1 is 1.29 bits per heavy atom. The van der Waals surface area contributed by atoms with E-state index in [-0.39, 0.29) is 11.3 Å². The molecule has 0 aromatic carbocycles. The molecule has 4 heteroatoms. The summed E-state index contributed by atoms with van der Waals surface area (Å²) in [6.45, 7) is 6.28. The molecule has 0 bridgehead atoms. The van der Waals surface area contributed by atoms with E-state index in [0.29, 0.717) is 18.3 Å². The van der Waals surface area contributed by atoms with E-state index in [1.807, 2.05) is 6.92 Å². The molecule has 0 radical (unpaired) electrons. The van der Waals surface area contributed by atoms with Crippen molar-refractivity contribution in [1.82, 2.24) is 0 Å². The van der Waals surface area contributed by atoms with Crippen LogP contribution in [0.5, 0.6) is 0 Å². The van der Waals surface area contributed by atoms with Crippen LogP contribution in [0.25, 0.3) is 0 Å². The fraction of sp³-hybridized carbons (Fsp3) is 1.00. The minimum Gasteiger partial charge on any atom is -0.249 e. The van der Waals surface area contributed by atoms with Crippen LogP contribution < -0.4 is 0 Å². The largest absolute Gasteiger partial charge is 0.249 e.